The van der Waals surface area contributed by atoms with Gasteiger partial charge in [0.25, 0.3) is 0 Å². The maximum atomic E-state index is 13.5. The predicted molar refractivity (Wildman–Crippen MR) is 159 cm³/mol. The summed E-state index contributed by atoms with van der Waals surface area (Å²) < 4.78 is 24.1. The van der Waals surface area contributed by atoms with Crippen LogP contribution in [0.4, 0.5) is 0 Å². The second kappa shape index (κ2) is 14.1. The van der Waals surface area contributed by atoms with E-state index >= 15 is 0 Å². The van der Waals surface area contributed by atoms with Crippen LogP contribution in [0, 0.1) is 4.77 Å². The number of rotatable bonds is 8. The minimum atomic E-state index is -1.38. The maximum Gasteiger partial charge on any atom is 0.303 e. The number of halogens is 1. The minimum Gasteiger partial charge on any atom is -0.456 e. The third kappa shape index (κ3) is 8.09. The van der Waals surface area contributed by atoms with Crippen molar-refractivity contribution in [2.45, 2.75) is 45.3 Å². The lowest BCUT2D eigenvalue weighted by Crippen LogP contribution is -2.56. The zero-order chi connectivity index (χ0) is 31.1. The van der Waals surface area contributed by atoms with Crippen molar-refractivity contribution in [1.29, 1.82) is 0 Å². The number of benzene rings is 2. The van der Waals surface area contributed by atoms with E-state index in [9.17, 15) is 19.2 Å². The van der Waals surface area contributed by atoms with Crippen LogP contribution in [0.3, 0.4) is 0 Å². The Morgan fingerprint density at radius 1 is 0.930 bits per heavy atom. The molecule has 0 N–H and O–H groups in total. The van der Waals surface area contributed by atoms with Gasteiger partial charge in [-0.05, 0) is 41.6 Å². The highest BCUT2D eigenvalue weighted by Gasteiger charge is 2.48. The summed E-state index contributed by atoms with van der Waals surface area (Å²) in [5.41, 5.74) is 0.680. The fraction of sp³-hybridized carbons (Fsp3) is 0.276. The van der Waals surface area contributed by atoms with Crippen LogP contribution >= 0.6 is 23.8 Å². The lowest BCUT2D eigenvalue weighted by molar-refractivity contribution is -0.242. The highest BCUT2D eigenvalue weighted by Crippen LogP contribution is 2.30. The van der Waals surface area contributed by atoms with Crippen LogP contribution in [0.5, 0.6) is 0 Å². The van der Waals surface area contributed by atoms with E-state index in [0.717, 1.165) is 28.8 Å². The van der Waals surface area contributed by atoms with E-state index in [-0.39, 0.29) is 17.1 Å². The molecule has 3 aromatic rings. The van der Waals surface area contributed by atoms with Crippen LogP contribution in [-0.4, -0.2) is 63.5 Å². The average Bonchev–Trinajstić information content (AvgIpc) is 2.95. The smallest absolute Gasteiger partial charge is 0.303 e. The molecule has 4 unspecified atom stereocenters. The molecule has 0 saturated carbocycles. The molecule has 2 aromatic carbocycles. The standard InChI is InChI=1S/C29H27ClN4O8S/c1-17(35)40-24-16-39-28(26(42-19(3)37)25(24)41-18(2)36)34-29(43)33(31-15-21-7-5-4-6-8-21)27(38)23(32-34)14-11-20-9-12-22(30)13-10-20/h4-15,24-26,28H,16H2,1-3H3. The van der Waals surface area contributed by atoms with Crippen LogP contribution in [-0.2, 0) is 33.3 Å². The zero-order valence-corrected chi connectivity index (χ0v) is 24.9. The molecule has 1 aliphatic rings. The van der Waals surface area contributed by atoms with Crippen LogP contribution in [0.1, 0.15) is 43.8 Å². The molecule has 0 bridgehead atoms. The van der Waals surface area contributed by atoms with Gasteiger partial charge in [-0.15, -0.1) is 0 Å². The van der Waals surface area contributed by atoms with Crippen molar-refractivity contribution in [3.8, 4) is 0 Å². The van der Waals surface area contributed by atoms with Gasteiger partial charge in [0, 0.05) is 25.8 Å². The van der Waals surface area contributed by atoms with Crippen molar-refractivity contribution in [3.05, 3.63) is 91.6 Å². The first-order chi connectivity index (χ1) is 20.5. The Labute approximate surface area is 256 Å². The first-order valence-corrected chi connectivity index (χ1v) is 13.7. The first kappa shape index (κ1) is 31.5. The maximum absolute atomic E-state index is 13.5. The highest BCUT2D eigenvalue weighted by molar-refractivity contribution is 7.71. The monoisotopic (exact) mass is 626 g/mol. The summed E-state index contributed by atoms with van der Waals surface area (Å²) >= 11 is 11.6. The molecule has 1 saturated heterocycles. The topological polar surface area (TPSA) is 140 Å². The van der Waals surface area contributed by atoms with Gasteiger partial charge in [0.2, 0.25) is 4.77 Å². The van der Waals surface area contributed by atoms with Crippen LogP contribution < -0.4 is 5.56 Å². The number of ether oxygens (including phenoxy) is 4. The second-order valence-electron chi connectivity index (χ2n) is 9.29. The molecule has 1 aromatic heterocycles. The minimum absolute atomic E-state index is 0.0925. The molecule has 0 spiro atoms. The molecule has 2 heterocycles. The van der Waals surface area contributed by atoms with Gasteiger partial charge in [0.05, 0.1) is 12.8 Å². The molecule has 14 heteroatoms. The van der Waals surface area contributed by atoms with Crippen molar-refractivity contribution in [1.82, 2.24) is 14.5 Å². The van der Waals surface area contributed by atoms with Gasteiger partial charge in [-0.1, -0.05) is 60.1 Å². The van der Waals surface area contributed by atoms with E-state index < -0.39 is 48.0 Å². The number of carbonyl (C=O) groups excluding carboxylic acids is 3. The molecule has 1 aliphatic heterocycles. The summed E-state index contributed by atoms with van der Waals surface area (Å²) in [6.45, 7) is 3.21. The fourth-order valence-electron chi connectivity index (χ4n) is 4.21. The molecule has 0 radical (unpaired) electrons. The van der Waals surface area contributed by atoms with Crippen molar-refractivity contribution >= 4 is 60.1 Å². The molecule has 43 heavy (non-hydrogen) atoms. The van der Waals surface area contributed by atoms with Crippen LogP contribution in [0.25, 0.3) is 12.2 Å². The number of carbonyl (C=O) groups is 3. The third-order valence-corrected chi connectivity index (χ3v) is 6.61. The Morgan fingerprint density at radius 2 is 1.56 bits per heavy atom. The second-order valence-corrected chi connectivity index (χ2v) is 10.1. The molecular weight excluding hydrogens is 600 g/mol. The number of nitrogens with zero attached hydrogens (tertiary/aromatic N) is 4. The van der Waals surface area contributed by atoms with Gasteiger partial charge < -0.3 is 18.9 Å². The van der Waals surface area contributed by atoms with Gasteiger partial charge in [0.15, 0.2) is 30.2 Å². The predicted octanol–water partition coefficient (Wildman–Crippen LogP) is 3.80. The molecule has 4 rings (SSSR count). The van der Waals surface area contributed by atoms with E-state index in [1.54, 1.807) is 54.6 Å². The van der Waals surface area contributed by atoms with Gasteiger partial charge in [-0.3, -0.25) is 19.2 Å². The Bertz CT molecular complexity index is 1670. The van der Waals surface area contributed by atoms with Crippen molar-refractivity contribution in [2.24, 2.45) is 5.10 Å². The summed E-state index contributed by atoms with van der Waals surface area (Å²) in [6.07, 6.45) is -0.540. The SMILES string of the molecule is CC(=O)OC1COC(n2nc(C=Cc3ccc(Cl)cc3)c(=O)n(N=Cc3ccccc3)c2=S)C(OC(C)=O)C1OC(C)=O. The quantitative estimate of drug-likeness (QED) is 0.157. The average molecular weight is 627 g/mol. The summed E-state index contributed by atoms with van der Waals surface area (Å²) in [7, 11) is 0. The fourth-order valence-corrected chi connectivity index (χ4v) is 4.61. The van der Waals surface area contributed by atoms with E-state index in [1.165, 1.54) is 19.2 Å². The molecule has 4 atom stereocenters. The summed E-state index contributed by atoms with van der Waals surface area (Å²) in [5.74, 6) is -2.14. The van der Waals surface area contributed by atoms with E-state index in [1.807, 2.05) is 6.07 Å². The van der Waals surface area contributed by atoms with Gasteiger partial charge in [-0.25, -0.2) is 4.68 Å². The lowest BCUT2D eigenvalue weighted by Gasteiger charge is -2.40. The zero-order valence-electron chi connectivity index (χ0n) is 23.3. The number of esters is 3. The molecule has 224 valence electrons. The summed E-state index contributed by atoms with van der Waals surface area (Å²) in [6, 6.07) is 15.9. The van der Waals surface area contributed by atoms with Crippen molar-refractivity contribution in [3.63, 3.8) is 0 Å². The summed E-state index contributed by atoms with van der Waals surface area (Å²) in [4.78, 5) is 49.5. The van der Waals surface area contributed by atoms with Gasteiger partial charge in [-0.2, -0.15) is 14.9 Å². The van der Waals surface area contributed by atoms with E-state index in [0.29, 0.717) is 10.6 Å². The molecule has 1 fully saturated rings. The Balaban J connectivity index is 1.87. The molecule has 0 aliphatic carbocycles. The van der Waals surface area contributed by atoms with E-state index in [4.69, 9.17) is 42.8 Å². The Kier molecular flexibility index (Phi) is 10.3. The van der Waals surface area contributed by atoms with Crippen molar-refractivity contribution in [2.75, 3.05) is 6.61 Å². The lowest BCUT2D eigenvalue weighted by atomic mass is 10.0. The summed E-state index contributed by atoms with van der Waals surface area (Å²) in [5, 5.41) is 9.28. The highest BCUT2D eigenvalue weighted by atomic mass is 35.5. The van der Waals surface area contributed by atoms with Gasteiger partial charge in [0.1, 0.15) is 0 Å². The number of aromatic nitrogens is 3. The largest absolute Gasteiger partial charge is 0.456 e. The number of hydrogen-bond donors (Lipinski definition) is 0. The Hall–Kier alpha value is -4.46. The third-order valence-electron chi connectivity index (χ3n) is 5.99. The molecule has 12 nitrogen and oxygen atoms in total. The number of hydrogen-bond acceptors (Lipinski definition) is 11. The van der Waals surface area contributed by atoms with E-state index in [2.05, 4.69) is 10.2 Å². The van der Waals surface area contributed by atoms with Crippen LogP contribution in [0.15, 0.2) is 64.5 Å². The van der Waals surface area contributed by atoms with Crippen LogP contribution in [0.2, 0.25) is 5.02 Å². The Morgan fingerprint density at radius 3 is 2.19 bits per heavy atom. The molecule has 0 amide bonds. The van der Waals surface area contributed by atoms with Gasteiger partial charge >= 0.3 is 23.5 Å². The first-order valence-electron chi connectivity index (χ1n) is 13.0. The van der Waals surface area contributed by atoms with Crippen molar-refractivity contribution < 1.29 is 33.3 Å². The molecular formula is C29H27ClN4O8S. The normalized spacial score (nSPS) is 20.2.